The van der Waals surface area contributed by atoms with Crippen molar-refractivity contribution in [2.75, 3.05) is 7.11 Å². The Kier molecular flexibility index (Phi) is 5.49. The largest absolute Gasteiger partial charge is 0.497 e. The van der Waals surface area contributed by atoms with Crippen molar-refractivity contribution in [3.8, 4) is 28.4 Å². The van der Waals surface area contributed by atoms with Crippen LogP contribution in [-0.4, -0.2) is 7.11 Å². The highest BCUT2D eigenvalue weighted by atomic mass is 16.5. The Morgan fingerprint density at radius 2 is 1.03 bits per heavy atom. The van der Waals surface area contributed by atoms with Crippen molar-refractivity contribution in [1.82, 2.24) is 0 Å². The van der Waals surface area contributed by atoms with Gasteiger partial charge in [-0.25, -0.2) is 0 Å². The van der Waals surface area contributed by atoms with Gasteiger partial charge in [-0.15, -0.1) is 0 Å². The third-order valence-electron chi connectivity index (χ3n) is 7.97. The maximum atomic E-state index is 6.34. The first-order valence-electron chi connectivity index (χ1n) is 13.3. The van der Waals surface area contributed by atoms with Crippen LogP contribution in [-0.2, 0) is 5.41 Å². The first kappa shape index (κ1) is 23.3. The molecule has 0 fully saturated rings. The highest BCUT2D eigenvalue weighted by Gasteiger charge is 2.45. The molecule has 6 aromatic rings. The van der Waals surface area contributed by atoms with Gasteiger partial charge >= 0.3 is 0 Å². The van der Waals surface area contributed by atoms with Gasteiger partial charge in [-0.3, -0.25) is 0 Å². The number of hydrogen-bond donors (Lipinski definition) is 0. The SMILES string of the molecule is COc1ccc(C2(c3ccc(Oc4ccc5ccc(C)cc5c4)cc3)c3ccccc3-c3ccccc32)cc1. The van der Waals surface area contributed by atoms with Gasteiger partial charge in [0.1, 0.15) is 17.2 Å². The molecule has 0 unspecified atom stereocenters. The van der Waals surface area contributed by atoms with E-state index in [0.717, 1.165) is 17.2 Å². The summed E-state index contributed by atoms with van der Waals surface area (Å²) in [6.07, 6.45) is 0. The van der Waals surface area contributed by atoms with Gasteiger partial charge in [0, 0.05) is 0 Å². The molecule has 0 saturated carbocycles. The molecule has 2 nitrogen and oxygen atoms in total. The maximum absolute atomic E-state index is 6.34. The zero-order valence-electron chi connectivity index (χ0n) is 22.0. The second-order valence-corrected chi connectivity index (χ2v) is 10.2. The smallest absolute Gasteiger partial charge is 0.128 e. The zero-order chi connectivity index (χ0) is 26.4. The first-order chi connectivity index (χ1) is 19.2. The summed E-state index contributed by atoms with van der Waals surface area (Å²) in [5.74, 6) is 2.50. The topological polar surface area (TPSA) is 18.5 Å². The van der Waals surface area contributed by atoms with Crippen molar-refractivity contribution in [1.29, 1.82) is 0 Å². The summed E-state index contributed by atoms with van der Waals surface area (Å²) < 4.78 is 11.8. The summed E-state index contributed by atoms with van der Waals surface area (Å²) >= 11 is 0. The Labute approximate surface area is 229 Å². The van der Waals surface area contributed by atoms with Gasteiger partial charge < -0.3 is 9.47 Å². The van der Waals surface area contributed by atoms with Gasteiger partial charge in [0.25, 0.3) is 0 Å². The quantitative estimate of drug-likeness (QED) is 0.232. The molecular weight excluding hydrogens is 476 g/mol. The van der Waals surface area contributed by atoms with Gasteiger partial charge in [-0.2, -0.15) is 0 Å². The second-order valence-electron chi connectivity index (χ2n) is 10.2. The van der Waals surface area contributed by atoms with Crippen molar-refractivity contribution >= 4 is 10.8 Å². The third kappa shape index (κ3) is 3.72. The van der Waals surface area contributed by atoms with Crippen LogP contribution in [0.4, 0.5) is 0 Å². The molecule has 0 atom stereocenters. The number of fused-ring (bicyclic) bond motifs is 4. The summed E-state index contributed by atoms with van der Waals surface area (Å²) in [7, 11) is 1.71. The second kappa shape index (κ2) is 9.18. The minimum absolute atomic E-state index is 0.446. The van der Waals surface area contributed by atoms with Crippen molar-refractivity contribution in [3.05, 3.63) is 161 Å². The monoisotopic (exact) mass is 504 g/mol. The molecule has 188 valence electrons. The molecule has 0 saturated heterocycles. The van der Waals surface area contributed by atoms with Crippen LogP contribution in [0, 0.1) is 6.92 Å². The number of aryl methyl sites for hydroxylation is 1. The van der Waals surface area contributed by atoms with Crippen LogP contribution in [0.2, 0.25) is 0 Å². The Morgan fingerprint density at radius 1 is 0.487 bits per heavy atom. The van der Waals surface area contributed by atoms with Gasteiger partial charge in [-0.05, 0) is 87.5 Å². The Hall–Kier alpha value is -4.82. The highest BCUT2D eigenvalue weighted by Crippen LogP contribution is 2.56. The molecule has 0 amide bonds. The van der Waals surface area contributed by atoms with E-state index < -0.39 is 5.41 Å². The molecular formula is C37H28O2. The Bertz CT molecular complexity index is 1770. The summed E-state index contributed by atoms with van der Waals surface area (Å²) in [5.41, 5.74) is 8.32. The van der Waals surface area contributed by atoms with Crippen LogP contribution in [0.5, 0.6) is 17.2 Å². The number of hydrogen-bond acceptors (Lipinski definition) is 2. The van der Waals surface area contributed by atoms with Crippen LogP contribution in [0.3, 0.4) is 0 Å². The standard InChI is InChI=1S/C37H28O2/c1-25-11-12-26-13-18-32(24-27(26)23-25)39-31-21-16-29(17-22-31)37(28-14-19-30(38-2)20-15-28)35-9-5-3-7-33(35)34-8-4-6-10-36(34)37/h3-24H,1-2H3. The molecule has 0 radical (unpaired) electrons. The van der Waals surface area contributed by atoms with Crippen LogP contribution >= 0.6 is 0 Å². The fraction of sp³-hybridized carbons (Fsp3) is 0.0811. The first-order valence-corrected chi connectivity index (χ1v) is 13.3. The van der Waals surface area contributed by atoms with Gasteiger partial charge in [-0.1, -0.05) is 103 Å². The summed E-state index contributed by atoms with van der Waals surface area (Å²) in [6.45, 7) is 2.11. The van der Waals surface area contributed by atoms with Crippen LogP contribution < -0.4 is 9.47 Å². The minimum Gasteiger partial charge on any atom is -0.497 e. The van der Waals surface area contributed by atoms with E-state index in [4.69, 9.17) is 9.47 Å². The number of ether oxygens (including phenoxy) is 2. The van der Waals surface area contributed by atoms with Crippen LogP contribution in [0.15, 0.2) is 133 Å². The fourth-order valence-corrected chi connectivity index (χ4v) is 6.18. The summed E-state index contributed by atoms with van der Waals surface area (Å²) in [4.78, 5) is 0. The number of benzene rings is 6. The van der Waals surface area contributed by atoms with E-state index in [-0.39, 0.29) is 0 Å². The lowest BCUT2D eigenvalue weighted by atomic mass is 9.68. The molecule has 39 heavy (non-hydrogen) atoms. The third-order valence-corrected chi connectivity index (χ3v) is 7.97. The molecule has 1 aliphatic rings. The van der Waals surface area contributed by atoms with E-state index in [1.807, 2.05) is 6.07 Å². The molecule has 7 rings (SSSR count). The molecule has 0 aliphatic heterocycles. The minimum atomic E-state index is -0.446. The average molecular weight is 505 g/mol. The van der Waals surface area contributed by atoms with Crippen molar-refractivity contribution in [3.63, 3.8) is 0 Å². The van der Waals surface area contributed by atoms with Crippen LogP contribution in [0.25, 0.3) is 21.9 Å². The lowest BCUT2D eigenvalue weighted by Crippen LogP contribution is -2.28. The van der Waals surface area contributed by atoms with E-state index in [0.29, 0.717) is 0 Å². The van der Waals surface area contributed by atoms with E-state index in [9.17, 15) is 0 Å². The predicted molar refractivity (Wildman–Crippen MR) is 159 cm³/mol. The highest BCUT2D eigenvalue weighted by molar-refractivity contribution is 5.86. The maximum Gasteiger partial charge on any atom is 0.128 e. The lowest BCUT2D eigenvalue weighted by Gasteiger charge is -2.34. The van der Waals surface area contributed by atoms with Crippen LogP contribution in [0.1, 0.15) is 27.8 Å². The van der Waals surface area contributed by atoms with E-state index in [1.165, 1.54) is 49.7 Å². The molecule has 6 aromatic carbocycles. The van der Waals surface area contributed by atoms with Gasteiger partial charge in [0.05, 0.1) is 12.5 Å². The van der Waals surface area contributed by atoms with Crippen molar-refractivity contribution in [2.24, 2.45) is 0 Å². The number of rotatable bonds is 5. The number of methoxy groups -OCH3 is 1. The van der Waals surface area contributed by atoms with Crippen molar-refractivity contribution in [2.45, 2.75) is 12.3 Å². The van der Waals surface area contributed by atoms with E-state index >= 15 is 0 Å². The predicted octanol–water partition coefficient (Wildman–Crippen LogP) is 9.31. The molecule has 0 aromatic heterocycles. The molecule has 1 aliphatic carbocycles. The average Bonchev–Trinajstić information content (AvgIpc) is 3.29. The Balaban J connectivity index is 1.35. The lowest BCUT2D eigenvalue weighted by molar-refractivity contribution is 0.414. The Morgan fingerprint density at radius 3 is 1.64 bits per heavy atom. The fourth-order valence-electron chi connectivity index (χ4n) is 6.18. The van der Waals surface area contributed by atoms with Gasteiger partial charge in [0.2, 0.25) is 0 Å². The molecule has 0 heterocycles. The molecule has 0 bridgehead atoms. The molecule has 2 heteroatoms. The normalized spacial score (nSPS) is 13.1. The molecule has 0 N–H and O–H groups in total. The van der Waals surface area contributed by atoms with E-state index in [1.54, 1.807) is 7.11 Å². The van der Waals surface area contributed by atoms with Crippen molar-refractivity contribution < 1.29 is 9.47 Å². The van der Waals surface area contributed by atoms with E-state index in [2.05, 4.69) is 134 Å². The zero-order valence-corrected chi connectivity index (χ0v) is 22.0. The summed E-state index contributed by atoms with van der Waals surface area (Å²) in [5, 5.41) is 2.39. The molecule has 0 spiro atoms. The summed E-state index contributed by atoms with van der Waals surface area (Å²) in [6, 6.07) is 47.4. The van der Waals surface area contributed by atoms with Gasteiger partial charge in [0.15, 0.2) is 0 Å².